The molecule has 112 valence electrons. The largest absolute Gasteiger partial charge is 0.495 e. The van der Waals surface area contributed by atoms with Crippen molar-refractivity contribution in [2.24, 2.45) is 0 Å². The quantitative estimate of drug-likeness (QED) is 0.444. The first-order chi connectivity index (χ1) is 9.31. The normalized spacial score (nSPS) is 12.9. The second-order valence-electron chi connectivity index (χ2n) is 3.78. The minimum atomic E-state index is -4.02. The molecule has 20 heavy (non-hydrogen) atoms. The summed E-state index contributed by atoms with van der Waals surface area (Å²) in [6, 6.07) is 3.04. The Hall–Kier alpha value is -1.75. The van der Waals surface area contributed by atoms with Crippen LogP contribution in [0.3, 0.4) is 0 Å². The van der Waals surface area contributed by atoms with Gasteiger partial charge in [-0.15, -0.1) is 0 Å². The molecule has 0 aliphatic carbocycles. The Morgan fingerprint density at radius 3 is 2.65 bits per heavy atom. The fourth-order valence-corrected chi connectivity index (χ4v) is 2.56. The number of nitrogens with one attached hydrogen (secondary N) is 1. The molecule has 0 bridgehead atoms. The number of rotatable bonds is 7. The molecule has 0 saturated heterocycles. The zero-order valence-electron chi connectivity index (χ0n) is 10.5. The van der Waals surface area contributed by atoms with Crippen molar-refractivity contribution in [1.82, 2.24) is 4.72 Å². The standard InChI is InChI=1S/C10H14N2O7S/c1-19-9-4-7(12(15)16)2-3-10(9)20(17,18)11-5-8(14)6-13/h2-4,8,11,13-14H,5-6H2,1H3. The molecular weight excluding hydrogens is 292 g/mol. The topological polar surface area (TPSA) is 139 Å². The van der Waals surface area contributed by atoms with Crippen LogP contribution in [0.5, 0.6) is 5.75 Å². The number of aliphatic hydroxyl groups is 2. The van der Waals surface area contributed by atoms with Gasteiger partial charge in [-0.25, -0.2) is 13.1 Å². The average molecular weight is 306 g/mol. The van der Waals surface area contributed by atoms with Gasteiger partial charge in [0, 0.05) is 12.6 Å². The van der Waals surface area contributed by atoms with E-state index in [1.54, 1.807) is 0 Å². The van der Waals surface area contributed by atoms with Crippen molar-refractivity contribution in [3.8, 4) is 5.75 Å². The number of nitrogens with zero attached hydrogens (tertiary/aromatic N) is 1. The lowest BCUT2D eigenvalue weighted by molar-refractivity contribution is -0.385. The molecule has 1 rings (SSSR count). The molecule has 1 aromatic carbocycles. The van der Waals surface area contributed by atoms with E-state index in [0.29, 0.717) is 0 Å². The third-order valence-electron chi connectivity index (χ3n) is 2.37. The van der Waals surface area contributed by atoms with Gasteiger partial charge in [-0.2, -0.15) is 0 Å². The van der Waals surface area contributed by atoms with Gasteiger partial charge >= 0.3 is 0 Å². The van der Waals surface area contributed by atoms with E-state index in [4.69, 9.17) is 14.9 Å². The predicted molar refractivity (Wildman–Crippen MR) is 67.9 cm³/mol. The number of benzene rings is 1. The zero-order chi connectivity index (χ0) is 15.3. The fraction of sp³-hybridized carbons (Fsp3) is 0.400. The van der Waals surface area contributed by atoms with Crippen LogP contribution in [0.1, 0.15) is 0 Å². The molecule has 1 atom stereocenters. The van der Waals surface area contributed by atoms with E-state index in [2.05, 4.69) is 4.72 Å². The summed E-state index contributed by atoms with van der Waals surface area (Å²) in [4.78, 5) is 9.63. The van der Waals surface area contributed by atoms with Gasteiger partial charge in [-0.1, -0.05) is 0 Å². The molecule has 10 heteroatoms. The van der Waals surface area contributed by atoms with E-state index in [-0.39, 0.29) is 22.9 Å². The molecule has 0 aliphatic rings. The summed E-state index contributed by atoms with van der Waals surface area (Å²) in [5.74, 6) is -0.190. The lowest BCUT2D eigenvalue weighted by Crippen LogP contribution is -2.34. The maximum absolute atomic E-state index is 12.0. The maximum Gasteiger partial charge on any atom is 0.273 e. The van der Waals surface area contributed by atoms with Gasteiger partial charge in [0.15, 0.2) is 0 Å². The first-order valence-corrected chi connectivity index (χ1v) is 6.91. The number of ether oxygens (including phenoxy) is 1. The molecule has 0 aromatic heterocycles. The Morgan fingerprint density at radius 1 is 1.50 bits per heavy atom. The Balaban J connectivity index is 3.08. The molecule has 0 saturated carbocycles. The molecule has 9 nitrogen and oxygen atoms in total. The van der Waals surface area contributed by atoms with E-state index >= 15 is 0 Å². The molecule has 0 aliphatic heterocycles. The van der Waals surface area contributed by atoms with E-state index < -0.39 is 27.7 Å². The number of aliphatic hydroxyl groups excluding tert-OH is 2. The third-order valence-corrected chi connectivity index (χ3v) is 3.83. The zero-order valence-corrected chi connectivity index (χ0v) is 11.3. The molecule has 1 aromatic rings. The van der Waals surface area contributed by atoms with Gasteiger partial charge in [0.2, 0.25) is 10.0 Å². The van der Waals surface area contributed by atoms with Gasteiger partial charge in [0.25, 0.3) is 5.69 Å². The average Bonchev–Trinajstić information content (AvgIpc) is 2.43. The monoisotopic (exact) mass is 306 g/mol. The van der Waals surface area contributed by atoms with Crippen LogP contribution in [0, 0.1) is 10.1 Å². The first kappa shape index (κ1) is 16.3. The minimum absolute atomic E-state index is 0.190. The predicted octanol–water partition coefficient (Wildman–Crippen LogP) is -0.765. The summed E-state index contributed by atoms with van der Waals surface area (Å²) in [5.41, 5.74) is -0.309. The SMILES string of the molecule is COc1cc([N+](=O)[O-])ccc1S(=O)(=O)NCC(O)CO. The highest BCUT2D eigenvalue weighted by Crippen LogP contribution is 2.28. The van der Waals surface area contributed by atoms with Crippen molar-refractivity contribution < 1.29 is 28.3 Å². The highest BCUT2D eigenvalue weighted by Gasteiger charge is 2.22. The molecule has 0 heterocycles. The minimum Gasteiger partial charge on any atom is -0.495 e. The summed E-state index contributed by atoms with van der Waals surface area (Å²) in [6.45, 7) is -0.987. The second kappa shape index (κ2) is 6.61. The lowest BCUT2D eigenvalue weighted by atomic mass is 10.3. The van der Waals surface area contributed by atoms with Crippen molar-refractivity contribution in [2.75, 3.05) is 20.3 Å². The van der Waals surface area contributed by atoms with Gasteiger partial charge in [0.05, 0.1) is 30.8 Å². The van der Waals surface area contributed by atoms with E-state index in [1.165, 1.54) is 7.11 Å². The van der Waals surface area contributed by atoms with E-state index in [9.17, 15) is 18.5 Å². The number of hydrogen-bond acceptors (Lipinski definition) is 7. The van der Waals surface area contributed by atoms with E-state index in [0.717, 1.165) is 18.2 Å². The van der Waals surface area contributed by atoms with Crippen LogP contribution in [0.25, 0.3) is 0 Å². The van der Waals surface area contributed by atoms with E-state index in [1.807, 2.05) is 0 Å². The van der Waals surface area contributed by atoms with Crippen LogP contribution in [-0.4, -0.2) is 49.9 Å². The summed E-state index contributed by atoms with van der Waals surface area (Å²) >= 11 is 0. The summed E-state index contributed by atoms with van der Waals surface area (Å²) in [5, 5.41) is 28.3. The Morgan fingerprint density at radius 2 is 2.15 bits per heavy atom. The van der Waals surface area contributed by atoms with Crippen LogP contribution >= 0.6 is 0 Å². The Kier molecular flexibility index (Phi) is 5.39. The summed E-state index contributed by atoms with van der Waals surface area (Å²) in [7, 11) is -2.84. The smallest absolute Gasteiger partial charge is 0.273 e. The summed E-state index contributed by atoms with van der Waals surface area (Å²) in [6.07, 6.45) is -1.24. The van der Waals surface area contributed by atoms with Gasteiger partial charge in [0.1, 0.15) is 10.6 Å². The molecule has 3 N–H and O–H groups in total. The summed E-state index contributed by atoms with van der Waals surface area (Å²) < 4.78 is 30.8. The number of non-ortho nitro benzene ring substituents is 1. The van der Waals surface area contributed by atoms with Crippen LogP contribution < -0.4 is 9.46 Å². The first-order valence-electron chi connectivity index (χ1n) is 5.43. The molecule has 0 radical (unpaired) electrons. The molecule has 0 spiro atoms. The van der Waals surface area contributed by atoms with Crippen LogP contribution in [0.15, 0.2) is 23.1 Å². The highest BCUT2D eigenvalue weighted by atomic mass is 32.2. The van der Waals surface area contributed by atoms with Gasteiger partial charge in [-0.3, -0.25) is 10.1 Å². The van der Waals surface area contributed by atoms with Crippen molar-refractivity contribution in [3.05, 3.63) is 28.3 Å². The highest BCUT2D eigenvalue weighted by molar-refractivity contribution is 7.89. The molecule has 0 amide bonds. The van der Waals surface area contributed by atoms with Gasteiger partial charge < -0.3 is 14.9 Å². The van der Waals surface area contributed by atoms with Crippen LogP contribution in [0.4, 0.5) is 5.69 Å². The number of methoxy groups -OCH3 is 1. The second-order valence-corrected chi connectivity index (χ2v) is 5.52. The van der Waals surface area contributed by atoms with Crippen molar-refractivity contribution in [1.29, 1.82) is 0 Å². The third kappa shape index (κ3) is 3.87. The Bertz CT molecular complexity index is 587. The fourth-order valence-electron chi connectivity index (χ4n) is 1.34. The molecule has 0 fully saturated rings. The number of nitro benzene ring substituents is 1. The number of nitro groups is 1. The molecular formula is C10H14N2O7S. The lowest BCUT2D eigenvalue weighted by Gasteiger charge is -2.12. The van der Waals surface area contributed by atoms with Crippen molar-refractivity contribution in [2.45, 2.75) is 11.0 Å². The maximum atomic E-state index is 12.0. The van der Waals surface area contributed by atoms with Crippen LogP contribution in [-0.2, 0) is 10.0 Å². The van der Waals surface area contributed by atoms with Crippen molar-refractivity contribution >= 4 is 15.7 Å². The Labute approximate surface area is 115 Å². The van der Waals surface area contributed by atoms with Crippen LogP contribution in [0.2, 0.25) is 0 Å². The molecule has 1 unspecified atom stereocenters. The van der Waals surface area contributed by atoms with Crippen molar-refractivity contribution in [3.63, 3.8) is 0 Å². The number of sulfonamides is 1. The van der Waals surface area contributed by atoms with Gasteiger partial charge in [-0.05, 0) is 6.07 Å². The number of hydrogen-bond donors (Lipinski definition) is 3.